The fourth-order valence-corrected chi connectivity index (χ4v) is 2.20. The summed E-state index contributed by atoms with van der Waals surface area (Å²) in [4.78, 5) is 28.2. The van der Waals surface area contributed by atoms with E-state index in [0.717, 1.165) is 12.0 Å². The van der Waals surface area contributed by atoms with Crippen LogP contribution in [0.2, 0.25) is 0 Å². The fraction of sp³-hybridized carbons (Fsp3) is 0.294. The van der Waals surface area contributed by atoms with Crippen molar-refractivity contribution in [2.24, 2.45) is 0 Å². The van der Waals surface area contributed by atoms with Gasteiger partial charge in [0.15, 0.2) is 0 Å². The first-order valence-electron chi connectivity index (χ1n) is 7.13. The minimum absolute atomic E-state index is 0.108. The second-order valence-electron chi connectivity index (χ2n) is 5.15. The minimum atomic E-state index is -0.257. The van der Waals surface area contributed by atoms with Crippen molar-refractivity contribution in [3.05, 3.63) is 69.6 Å². The Morgan fingerprint density at radius 1 is 1.19 bits per heavy atom. The number of hydrogen-bond acceptors (Lipinski definition) is 2. The van der Waals surface area contributed by atoms with Gasteiger partial charge < -0.3 is 9.88 Å². The van der Waals surface area contributed by atoms with Gasteiger partial charge in [0.1, 0.15) is 0 Å². The molecule has 0 aliphatic heterocycles. The van der Waals surface area contributed by atoms with Crippen LogP contribution in [0.15, 0.2) is 47.4 Å². The maximum atomic E-state index is 12.5. The number of nitrogens with one attached hydrogen (secondary N) is 1. The van der Waals surface area contributed by atoms with E-state index in [1.165, 1.54) is 17.8 Å². The van der Waals surface area contributed by atoms with E-state index in [4.69, 9.17) is 0 Å². The van der Waals surface area contributed by atoms with Gasteiger partial charge in [-0.2, -0.15) is 0 Å². The Balaban J connectivity index is 2.20. The van der Waals surface area contributed by atoms with E-state index < -0.39 is 0 Å². The first-order valence-corrected chi connectivity index (χ1v) is 7.13. The predicted octanol–water partition coefficient (Wildman–Crippen LogP) is 2.74. The maximum absolute atomic E-state index is 12.5. The fourth-order valence-electron chi connectivity index (χ4n) is 2.20. The van der Waals surface area contributed by atoms with Crippen LogP contribution in [0.25, 0.3) is 0 Å². The third kappa shape index (κ3) is 4.05. The third-order valence-corrected chi connectivity index (χ3v) is 3.30. The topological polar surface area (TPSA) is 53.2 Å². The molecule has 4 nitrogen and oxygen atoms in total. The van der Waals surface area contributed by atoms with E-state index in [1.807, 2.05) is 38.1 Å². The number of benzene rings is 1. The molecule has 0 aliphatic carbocycles. The van der Waals surface area contributed by atoms with Gasteiger partial charge in [-0.05, 0) is 25.0 Å². The van der Waals surface area contributed by atoms with Gasteiger partial charge in [0, 0.05) is 30.9 Å². The number of amides is 1. The highest BCUT2D eigenvalue weighted by Gasteiger charge is 2.15. The lowest BCUT2D eigenvalue weighted by Crippen LogP contribution is -2.32. The van der Waals surface area contributed by atoms with Gasteiger partial charge in [-0.15, -0.1) is 0 Å². The van der Waals surface area contributed by atoms with E-state index in [1.54, 1.807) is 11.0 Å². The zero-order chi connectivity index (χ0) is 15.2. The lowest BCUT2D eigenvalue weighted by molar-refractivity contribution is 0.0743. The largest absolute Gasteiger partial charge is 0.334 e. The predicted molar refractivity (Wildman–Crippen MR) is 83.3 cm³/mol. The number of carbonyl (C=O) groups excluding carboxylic acids is 1. The molecule has 110 valence electrons. The van der Waals surface area contributed by atoms with Gasteiger partial charge in [0.25, 0.3) is 5.91 Å². The van der Waals surface area contributed by atoms with E-state index in [-0.39, 0.29) is 11.5 Å². The highest BCUT2D eigenvalue weighted by molar-refractivity contribution is 5.94. The van der Waals surface area contributed by atoms with Gasteiger partial charge in [-0.25, -0.2) is 0 Å². The lowest BCUT2D eigenvalue weighted by Gasteiger charge is -2.22. The Labute approximate surface area is 124 Å². The summed E-state index contributed by atoms with van der Waals surface area (Å²) in [6.45, 7) is 5.29. The van der Waals surface area contributed by atoms with Crippen LogP contribution in [0.1, 0.15) is 34.8 Å². The molecule has 1 amide bonds. The molecular formula is C17H20N2O2. The van der Waals surface area contributed by atoms with Crippen LogP contribution in [0.3, 0.4) is 0 Å². The van der Waals surface area contributed by atoms with E-state index in [0.29, 0.717) is 18.7 Å². The molecule has 1 aromatic carbocycles. The summed E-state index contributed by atoms with van der Waals surface area (Å²) in [5, 5.41) is 0. The lowest BCUT2D eigenvalue weighted by atomic mass is 10.1. The quantitative estimate of drug-likeness (QED) is 0.918. The van der Waals surface area contributed by atoms with Crippen LogP contribution in [0.4, 0.5) is 0 Å². The molecule has 0 unspecified atom stereocenters. The zero-order valence-electron chi connectivity index (χ0n) is 12.4. The SMILES string of the molecule is CCCN(Cc1ccc(C)cc1)C(=O)c1cc[nH]c(=O)c1. The Hall–Kier alpha value is -2.36. The number of H-pyrrole nitrogens is 1. The average Bonchev–Trinajstić information content (AvgIpc) is 2.48. The molecule has 0 fully saturated rings. The number of aromatic nitrogens is 1. The van der Waals surface area contributed by atoms with Crippen LogP contribution >= 0.6 is 0 Å². The van der Waals surface area contributed by atoms with Crippen LogP contribution in [-0.4, -0.2) is 22.3 Å². The van der Waals surface area contributed by atoms with Crippen molar-refractivity contribution < 1.29 is 4.79 Å². The number of hydrogen-bond donors (Lipinski definition) is 1. The molecule has 21 heavy (non-hydrogen) atoms. The summed E-state index contributed by atoms with van der Waals surface area (Å²) in [6, 6.07) is 11.1. The van der Waals surface area contributed by atoms with Gasteiger partial charge in [-0.1, -0.05) is 36.8 Å². The van der Waals surface area contributed by atoms with Gasteiger partial charge in [0.2, 0.25) is 5.56 Å². The van der Waals surface area contributed by atoms with Crippen molar-refractivity contribution in [1.82, 2.24) is 9.88 Å². The molecule has 2 aromatic rings. The summed E-state index contributed by atoms with van der Waals surface area (Å²) in [5.74, 6) is -0.108. The first-order chi connectivity index (χ1) is 10.1. The van der Waals surface area contributed by atoms with Gasteiger partial charge in [-0.3, -0.25) is 9.59 Å². The second kappa shape index (κ2) is 6.88. The van der Waals surface area contributed by atoms with Crippen LogP contribution in [0.5, 0.6) is 0 Å². The summed E-state index contributed by atoms with van der Waals surface area (Å²) in [6.07, 6.45) is 2.38. The summed E-state index contributed by atoms with van der Waals surface area (Å²) in [7, 11) is 0. The number of rotatable bonds is 5. The average molecular weight is 284 g/mol. The maximum Gasteiger partial charge on any atom is 0.254 e. The number of pyridine rings is 1. The molecule has 0 aliphatic rings. The van der Waals surface area contributed by atoms with Crippen molar-refractivity contribution in [2.75, 3.05) is 6.54 Å². The molecule has 0 bridgehead atoms. The molecule has 0 spiro atoms. The molecule has 0 atom stereocenters. The Kier molecular flexibility index (Phi) is 4.93. The van der Waals surface area contributed by atoms with Crippen molar-refractivity contribution in [3.8, 4) is 0 Å². The van der Waals surface area contributed by atoms with Gasteiger partial charge >= 0.3 is 0 Å². The molecule has 2 rings (SSSR count). The molecule has 1 heterocycles. The Morgan fingerprint density at radius 2 is 1.90 bits per heavy atom. The van der Waals surface area contributed by atoms with Crippen LogP contribution in [-0.2, 0) is 6.54 Å². The normalized spacial score (nSPS) is 10.4. The molecule has 0 radical (unpaired) electrons. The number of aromatic amines is 1. The van der Waals surface area contributed by atoms with Crippen molar-refractivity contribution in [3.63, 3.8) is 0 Å². The first kappa shape index (κ1) is 15.0. The van der Waals surface area contributed by atoms with Crippen LogP contribution < -0.4 is 5.56 Å². The Morgan fingerprint density at radius 3 is 2.52 bits per heavy atom. The monoisotopic (exact) mass is 284 g/mol. The second-order valence-corrected chi connectivity index (χ2v) is 5.15. The summed E-state index contributed by atoms with van der Waals surface area (Å²) >= 11 is 0. The molecule has 0 saturated carbocycles. The molecule has 1 N–H and O–H groups in total. The number of carbonyl (C=O) groups is 1. The third-order valence-electron chi connectivity index (χ3n) is 3.30. The molecule has 0 saturated heterocycles. The van der Waals surface area contributed by atoms with E-state index >= 15 is 0 Å². The number of nitrogens with zero attached hydrogens (tertiary/aromatic N) is 1. The molecule has 1 aromatic heterocycles. The standard InChI is InChI=1S/C17H20N2O2/c1-3-10-19(12-14-6-4-13(2)5-7-14)17(21)15-8-9-18-16(20)11-15/h4-9,11H,3,10,12H2,1-2H3,(H,18,20). The Bertz CT molecular complexity index is 659. The van der Waals surface area contributed by atoms with Crippen molar-refractivity contribution >= 4 is 5.91 Å². The minimum Gasteiger partial charge on any atom is -0.334 e. The van der Waals surface area contributed by atoms with E-state index in [2.05, 4.69) is 4.98 Å². The molecule has 4 heteroatoms. The summed E-state index contributed by atoms with van der Waals surface area (Å²) in [5.41, 5.74) is 2.46. The van der Waals surface area contributed by atoms with E-state index in [9.17, 15) is 9.59 Å². The zero-order valence-corrected chi connectivity index (χ0v) is 12.4. The van der Waals surface area contributed by atoms with Gasteiger partial charge in [0.05, 0.1) is 0 Å². The van der Waals surface area contributed by atoms with Crippen molar-refractivity contribution in [2.45, 2.75) is 26.8 Å². The molecular weight excluding hydrogens is 264 g/mol. The van der Waals surface area contributed by atoms with Crippen molar-refractivity contribution in [1.29, 1.82) is 0 Å². The number of aryl methyl sites for hydroxylation is 1. The highest BCUT2D eigenvalue weighted by atomic mass is 16.2. The van der Waals surface area contributed by atoms with Crippen LogP contribution in [0, 0.1) is 6.92 Å². The highest BCUT2D eigenvalue weighted by Crippen LogP contribution is 2.11. The smallest absolute Gasteiger partial charge is 0.254 e. The summed E-state index contributed by atoms with van der Waals surface area (Å²) < 4.78 is 0.